The predicted molar refractivity (Wildman–Crippen MR) is 156 cm³/mol. The highest BCUT2D eigenvalue weighted by molar-refractivity contribution is 7.81. The van der Waals surface area contributed by atoms with E-state index in [2.05, 4.69) is 37.5 Å². The summed E-state index contributed by atoms with van der Waals surface area (Å²) in [5, 5.41) is 10.3. The summed E-state index contributed by atoms with van der Waals surface area (Å²) in [6.45, 7) is 19.1. The number of fused-ring (bicyclic) bond motifs is 1. The number of piperidine rings is 1. The molecule has 5 nitrogen and oxygen atoms in total. The van der Waals surface area contributed by atoms with Gasteiger partial charge in [0.2, 0.25) is 0 Å². The van der Waals surface area contributed by atoms with Crippen molar-refractivity contribution < 1.29 is 14.6 Å². The van der Waals surface area contributed by atoms with Crippen LogP contribution < -0.4 is 9.64 Å². The summed E-state index contributed by atoms with van der Waals surface area (Å²) >= 11 is 5.82. The average Bonchev–Trinajstić information content (AvgIpc) is 2.90. The van der Waals surface area contributed by atoms with Crippen LogP contribution in [0.3, 0.4) is 0 Å². The number of hydrogen-bond donors (Lipinski definition) is 1. The van der Waals surface area contributed by atoms with Gasteiger partial charge < -0.3 is 9.84 Å². The molecular weight excluding hydrogens is 480 g/mol. The lowest BCUT2D eigenvalue weighted by atomic mass is 9.85. The van der Waals surface area contributed by atoms with Gasteiger partial charge in [-0.2, -0.15) is 0 Å². The highest BCUT2D eigenvalue weighted by atomic mass is 32.1. The Balaban J connectivity index is 0.00000186. The van der Waals surface area contributed by atoms with Gasteiger partial charge in [0.1, 0.15) is 22.3 Å². The highest BCUT2D eigenvalue weighted by Gasteiger charge is 2.30. The van der Waals surface area contributed by atoms with Crippen molar-refractivity contribution in [2.75, 3.05) is 18.0 Å². The smallest absolute Gasteiger partial charge is 0.198 e. The predicted octanol–water partition coefficient (Wildman–Crippen LogP) is 7.41. The number of carbonyl (C=O) groups excluding carboxylic acids is 1. The van der Waals surface area contributed by atoms with Crippen LogP contribution >= 0.6 is 12.2 Å². The number of aromatic hydroxyl groups is 1. The zero-order valence-corrected chi connectivity index (χ0v) is 24.0. The standard InChI is InChI=1S/C29H36N2O3S.C2H6/c1-6-19(4)28(33)22-11-13-30(14-12-22)17-21-7-9-23(10-8-21)31-20(5)34-27-16-26(32)24(18(2)3)15-25(27)29(31)35;1-2/h7-10,15-16,18-19,22,32H,5-6,11-14,17H2,1-4H3;1-2H3. The Bertz CT molecular complexity index is 1120. The lowest BCUT2D eigenvalue weighted by molar-refractivity contribution is -0.127. The van der Waals surface area contributed by atoms with Crippen LogP contribution in [-0.4, -0.2) is 33.9 Å². The second-order valence-corrected chi connectivity index (χ2v) is 10.5. The van der Waals surface area contributed by atoms with Gasteiger partial charge in [0.25, 0.3) is 0 Å². The van der Waals surface area contributed by atoms with Gasteiger partial charge >= 0.3 is 0 Å². The fourth-order valence-corrected chi connectivity index (χ4v) is 5.32. The van der Waals surface area contributed by atoms with Crippen LogP contribution in [0.25, 0.3) is 0 Å². The van der Waals surface area contributed by atoms with Gasteiger partial charge in [-0.1, -0.05) is 65.9 Å². The number of carbonyl (C=O) groups is 1. The van der Waals surface area contributed by atoms with Crippen LogP contribution in [-0.2, 0) is 11.3 Å². The molecule has 2 heterocycles. The number of phenols is 1. The van der Waals surface area contributed by atoms with Crippen LogP contribution in [0.5, 0.6) is 11.5 Å². The molecule has 0 aliphatic carbocycles. The Hall–Kier alpha value is -2.70. The number of ketones is 1. The molecule has 2 aromatic carbocycles. The Morgan fingerprint density at radius 3 is 2.32 bits per heavy atom. The summed E-state index contributed by atoms with van der Waals surface area (Å²) in [5.41, 5.74) is 3.74. The van der Waals surface area contributed by atoms with Gasteiger partial charge in [-0.15, -0.1) is 0 Å². The van der Waals surface area contributed by atoms with Crippen LogP contribution in [0.15, 0.2) is 48.9 Å². The van der Waals surface area contributed by atoms with E-state index >= 15 is 0 Å². The molecule has 1 saturated heterocycles. The van der Waals surface area contributed by atoms with Crippen LogP contribution in [0, 0.1) is 11.8 Å². The Morgan fingerprint density at radius 2 is 1.76 bits per heavy atom. The molecule has 6 heteroatoms. The second-order valence-electron chi connectivity index (χ2n) is 10.1. The van der Waals surface area contributed by atoms with E-state index in [1.165, 1.54) is 5.56 Å². The molecule has 1 unspecified atom stereocenters. The number of phenolic OH excluding ortho intramolecular Hbond substituents is 1. The first kappa shape index (κ1) is 28.9. The van der Waals surface area contributed by atoms with Gasteiger partial charge in [0, 0.05) is 30.1 Å². The monoisotopic (exact) mass is 522 g/mol. The summed E-state index contributed by atoms with van der Waals surface area (Å²) in [6, 6.07) is 11.9. The van der Waals surface area contributed by atoms with Crippen molar-refractivity contribution in [3.63, 3.8) is 0 Å². The minimum Gasteiger partial charge on any atom is -0.508 e. The van der Waals surface area contributed by atoms with Gasteiger partial charge in [-0.05, 0) is 74.2 Å². The quantitative estimate of drug-likeness (QED) is 0.382. The minimum absolute atomic E-state index is 0.166. The van der Waals surface area contributed by atoms with Crippen molar-refractivity contribution in [2.24, 2.45) is 11.8 Å². The summed E-state index contributed by atoms with van der Waals surface area (Å²) < 4.78 is 5.94. The molecule has 37 heavy (non-hydrogen) atoms. The first-order valence-corrected chi connectivity index (χ1v) is 14.0. The molecule has 0 saturated carbocycles. The number of rotatable bonds is 7. The van der Waals surface area contributed by atoms with Gasteiger partial charge in [-0.25, -0.2) is 0 Å². The van der Waals surface area contributed by atoms with Crippen molar-refractivity contribution in [1.29, 1.82) is 0 Å². The number of thiocarbonyl (C=S) groups is 1. The van der Waals surface area contributed by atoms with E-state index in [1.54, 1.807) is 6.07 Å². The lowest BCUT2D eigenvalue weighted by Gasteiger charge is -2.33. The third kappa shape index (κ3) is 6.42. The fourth-order valence-electron chi connectivity index (χ4n) is 4.96. The molecule has 4 rings (SSSR count). The van der Waals surface area contributed by atoms with Crippen LogP contribution in [0.4, 0.5) is 5.69 Å². The van der Waals surface area contributed by atoms with Crippen molar-refractivity contribution in [2.45, 2.75) is 73.3 Å². The Kier molecular flexibility index (Phi) is 9.91. The molecule has 1 N–H and O–H groups in total. The van der Waals surface area contributed by atoms with Crippen molar-refractivity contribution in [3.05, 3.63) is 65.6 Å². The molecule has 2 aliphatic heterocycles. The maximum Gasteiger partial charge on any atom is 0.198 e. The molecule has 200 valence electrons. The summed E-state index contributed by atoms with van der Waals surface area (Å²) in [5.74, 6) is 2.15. The van der Waals surface area contributed by atoms with Crippen molar-refractivity contribution in [3.8, 4) is 11.5 Å². The molecule has 2 aromatic rings. The molecule has 1 fully saturated rings. The first-order valence-electron chi connectivity index (χ1n) is 13.6. The van der Waals surface area contributed by atoms with E-state index in [0.717, 1.165) is 55.7 Å². The molecular formula is C31H42N2O3S. The largest absolute Gasteiger partial charge is 0.508 e. The topological polar surface area (TPSA) is 53.0 Å². The molecule has 0 spiro atoms. The van der Waals surface area contributed by atoms with E-state index in [0.29, 0.717) is 22.4 Å². The second kappa shape index (κ2) is 12.7. The van der Waals surface area contributed by atoms with E-state index in [1.807, 2.05) is 50.8 Å². The number of Topliss-reactive ketones (excluding diaryl/α,β-unsaturated/α-hetero) is 1. The maximum absolute atomic E-state index is 12.5. The molecule has 2 aliphatic rings. The number of nitrogens with zero attached hydrogens (tertiary/aromatic N) is 2. The first-order chi connectivity index (χ1) is 17.7. The summed E-state index contributed by atoms with van der Waals surface area (Å²) in [7, 11) is 0. The molecule has 1 atom stereocenters. The number of hydrogen-bond acceptors (Lipinski definition) is 5. The van der Waals surface area contributed by atoms with Crippen molar-refractivity contribution >= 4 is 28.7 Å². The summed E-state index contributed by atoms with van der Waals surface area (Å²) in [6.07, 6.45) is 2.83. The third-order valence-corrected chi connectivity index (χ3v) is 7.75. The van der Waals surface area contributed by atoms with E-state index in [9.17, 15) is 9.90 Å². The fraction of sp³-hybridized carbons (Fsp3) is 0.484. The molecule has 0 bridgehead atoms. The SMILES string of the molecule is C=C1Oc2cc(O)c(C(C)C)cc2C(=S)N1c1ccc(CN2CCC(C(=O)C(C)CC)CC2)cc1.CC. The van der Waals surface area contributed by atoms with Gasteiger partial charge in [0.15, 0.2) is 5.88 Å². The Labute approximate surface area is 228 Å². The summed E-state index contributed by atoms with van der Waals surface area (Å²) in [4.78, 5) is 17.4. The van der Waals surface area contributed by atoms with E-state index in [-0.39, 0.29) is 23.5 Å². The maximum atomic E-state index is 12.5. The van der Waals surface area contributed by atoms with Crippen LogP contribution in [0.2, 0.25) is 0 Å². The van der Waals surface area contributed by atoms with E-state index < -0.39 is 0 Å². The zero-order valence-electron chi connectivity index (χ0n) is 23.2. The number of likely N-dealkylation sites (tertiary alicyclic amines) is 1. The average molecular weight is 523 g/mol. The Morgan fingerprint density at radius 1 is 1.14 bits per heavy atom. The van der Waals surface area contributed by atoms with Crippen molar-refractivity contribution in [1.82, 2.24) is 4.90 Å². The zero-order chi connectivity index (χ0) is 27.3. The lowest BCUT2D eigenvalue weighted by Crippen LogP contribution is -2.37. The number of ether oxygens (including phenoxy) is 1. The molecule has 0 aromatic heterocycles. The third-order valence-electron chi connectivity index (χ3n) is 7.35. The molecule has 0 radical (unpaired) electrons. The number of anilines is 1. The highest BCUT2D eigenvalue weighted by Crippen LogP contribution is 2.39. The number of benzene rings is 2. The normalized spacial score (nSPS) is 17.1. The van der Waals surface area contributed by atoms with Gasteiger partial charge in [0.05, 0.1) is 5.56 Å². The minimum atomic E-state index is 0.166. The van der Waals surface area contributed by atoms with Gasteiger partial charge in [-0.3, -0.25) is 14.6 Å². The molecule has 0 amide bonds. The van der Waals surface area contributed by atoms with E-state index in [4.69, 9.17) is 17.0 Å². The van der Waals surface area contributed by atoms with Crippen LogP contribution in [0.1, 0.15) is 83.4 Å².